The van der Waals surface area contributed by atoms with Crippen molar-refractivity contribution in [2.24, 2.45) is 0 Å². The quantitative estimate of drug-likeness (QED) is 0.199. The van der Waals surface area contributed by atoms with Crippen LogP contribution in [-0.2, 0) is 0 Å². The van der Waals surface area contributed by atoms with Crippen LogP contribution in [0.1, 0.15) is 0 Å². The zero-order valence-corrected chi connectivity index (χ0v) is 26.1. The maximum Gasteiger partial charge on any atom is 0.160 e. The lowest BCUT2D eigenvalue weighted by Crippen LogP contribution is -1.96. The Balaban J connectivity index is 1.45. The Kier molecular flexibility index (Phi) is 6.80. The summed E-state index contributed by atoms with van der Waals surface area (Å²) in [4.78, 5) is 14.5. The van der Waals surface area contributed by atoms with Crippen molar-refractivity contribution in [3.8, 4) is 33.9 Å². The Morgan fingerprint density at radius 3 is 1.19 bits per heavy atom. The SMILES string of the molecule is c1ccc(-c2nc(-c3cccnc3)cc(-c3ccc4c5ccccc5c5ccccc5c5ccccc5c5ccccc5c4c3)n2)cc1. The first-order chi connectivity index (χ1) is 23.8. The number of rotatable bonds is 3. The van der Waals surface area contributed by atoms with Gasteiger partial charge in [0, 0.05) is 29.1 Å². The molecular formula is C45H29N3. The topological polar surface area (TPSA) is 38.7 Å². The van der Waals surface area contributed by atoms with Crippen LogP contribution >= 0.6 is 0 Å². The molecular weight excluding hydrogens is 583 g/mol. The molecule has 2 heterocycles. The molecule has 0 N–H and O–H groups in total. The third kappa shape index (κ3) is 4.81. The van der Waals surface area contributed by atoms with Crippen molar-refractivity contribution >= 4 is 53.9 Å². The standard InChI is InChI=1S/C45H29N3/c1-2-13-30(14-3-1)45-47-43(28-44(48-45)32-15-12-26-46-29-32)31-24-25-41-39-22-9-8-20-37(39)35-18-5-4-16-33(35)34-17-6-7-19-36(34)38-21-10-11-23-40(38)42(41)27-31/h1-29H. The summed E-state index contributed by atoms with van der Waals surface area (Å²) in [6.45, 7) is 0. The minimum Gasteiger partial charge on any atom is -0.264 e. The number of fused-ring (bicyclic) bond motifs is 10. The van der Waals surface area contributed by atoms with E-state index in [-0.39, 0.29) is 0 Å². The molecule has 0 aliphatic carbocycles. The van der Waals surface area contributed by atoms with Crippen LogP contribution in [0.2, 0.25) is 0 Å². The number of nitrogens with zero attached hydrogens (tertiary/aromatic N) is 3. The third-order valence-corrected chi connectivity index (χ3v) is 9.19. The van der Waals surface area contributed by atoms with Gasteiger partial charge in [-0.2, -0.15) is 0 Å². The zero-order valence-electron chi connectivity index (χ0n) is 26.1. The fraction of sp³-hybridized carbons (Fsp3) is 0. The summed E-state index contributed by atoms with van der Waals surface area (Å²) in [5, 5.41) is 12.0. The van der Waals surface area contributed by atoms with E-state index in [0.717, 1.165) is 33.5 Å². The number of pyridine rings is 1. The molecule has 7 aromatic carbocycles. The highest BCUT2D eigenvalue weighted by Gasteiger charge is 2.13. The summed E-state index contributed by atoms with van der Waals surface area (Å²) in [5.74, 6) is 0.684. The van der Waals surface area contributed by atoms with Crippen LogP contribution in [0.4, 0.5) is 0 Å². The predicted molar refractivity (Wildman–Crippen MR) is 201 cm³/mol. The number of aromatic nitrogens is 3. The van der Waals surface area contributed by atoms with E-state index < -0.39 is 0 Å². The largest absolute Gasteiger partial charge is 0.264 e. The summed E-state index contributed by atoms with van der Waals surface area (Å²) < 4.78 is 0. The van der Waals surface area contributed by atoms with Crippen molar-refractivity contribution in [3.05, 3.63) is 176 Å². The minimum absolute atomic E-state index is 0.684. The van der Waals surface area contributed by atoms with Crippen molar-refractivity contribution in [2.45, 2.75) is 0 Å². The molecule has 2 aromatic heterocycles. The van der Waals surface area contributed by atoms with E-state index >= 15 is 0 Å². The molecule has 3 heteroatoms. The summed E-state index contributed by atoms with van der Waals surface area (Å²) in [5.41, 5.74) is 4.64. The fourth-order valence-electron chi connectivity index (χ4n) is 6.95. The number of hydrogen-bond acceptors (Lipinski definition) is 3. The molecule has 3 nitrogen and oxygen atoms in total. The molecule has 0 radical (unpaired) electrons. The van der Waals surface area contributed by atoms with Crippen molar-refractivity contribution in [1.29, 1.82) is 0 Å². The van der Waals surface area contributed by atoms with Gasteiger partial charge in [-0.1, -0.05) is 140 Å². The van der Waals surface area contributed by atoms with Crippen molar-refractivity contribution in [2.75, 3.05) is 0 Å². The van der Waals surface area contributed by atoms with Gasteiger partial charge >= 0.3 is 0 Å². The van der Waals surface area contributed by atoms with Crippen LogP contribution in [-0.4, -0.2) is 15.0 Å². The summed E-state index contributed by atoms with van der Waals surface area (Å²) in [6.07, 6.45) is 3.64. The van der Waals surface area contributed by atoms with E-state index in [9.17, 15) is 0 Å². The lowest BCUT2D eigenvalue weighted by molar-refractivity contribution is 1.18. The van der Waals surface area contributed by atoms with Gasteiger partial charge in [-0.3, -0.25) is 4.98 Å². The number of hydrogen-bond donors (Lipinski definition) is 0. The van der Waals surface area contributed by atoms with Gasteiger partial charge in [0.15, 0.2) is 5.82 Å². The van der Waals surface area contributed by atoms with Gasteiger partial charge in [0.1, 0.15) is 0 Å². The second-order valence-electron chi connectivity index (χ2n) is 12.0. The molecule has 0 unspecified atom stereocenters. The van der Waals surface area contributed by atoms with Crippen LogP contribution in [0.25, 0.3) is 87.8 Å². The molecule has 0 amide bonds. The first kappa shape index (κ1) is 27.8. The highest BCUT2D eigenvalue weighted by molar-refractivity contribution is 6.26. The molecule has 48 heavy (non-hydrogen) atoms. The van der Waals surface area contributed by atoms with Gasteiger partial charge in [0.2, 0.25) is 0 Å². The lowest BCUT2D eigenvalue weighted by atomic mass is 9.93. The fourth-order valence-corrected chi connectivity index (χ4v) is 6.95. The van der Waals surface area contributed by atoms with E-state index in [2.05, 4.69) is 138 Å². The third-order valence-electron chi connectivity index (χ3n) is 9.19. The van der Waals surface area contributed by atoms with Crippen LogP contribution in [0.5, 0.6) is 0 Å². The van der Waals surface area contributed by atoms with Gasteiger partial charge in [-0.15, -0.1) is 0 Å². The van der Waals surface area contributed by atoms with E-state index in [4.69, 9.17) is 9.97 Å². The molecule has 0 aliphatic rings. The first-order valence-electron chi connectivity index (χ1n) is 16.2. The van der Waals surface area contributed by atoms with Crippen molar-refractivity contribution in [3.63, 3.8) is 0 Å². The van der Waals surface area contributed by atoms with E-state index in [1.807, 2.05) is 36.5 Å². The molecule has 0 saturated heterocycles. The Labute approximate surface area is 278 Å². The molecule has 9 aromatic rings. The zero-order chi connectivity index (χ0) is 31.9. The molecule has 0 saturated carbocycles. The highest BCUT2D eigenvalue weighted by Crippen LogP contribution is 2.37. The average molecular weight is 612 g/mol. The average Bonchev–Trinajstić information content (AvgIpc) is 3.18. The minimum atomic E-state index is 0.684. The Hall–Kier alpha value is -6.45. The molecule has 0 bridgehead atoms. The maximum absolute atomic E-state index is 5.16. The van der Waals surface area contributed by atoms with Crippen LogP contribution < -0.4 is 0 Å². The van der Waals surface area contributed by atoms with Gasteiger partial charge in [0.05, 0.1) is 11.4 Å². The van der Waals surface area contributed by atoms with E-state index in [1.165, 1.54) is 48.5 Å². The normalized spacial score (nSPS) is 11.3. The summed E-state index contributed by atoms with van der Waals surface area (Å²) >= 11 is 0. The molecule has 0 aliphatic heterocycles. The van der Waals surface area contributed by atoms with Gasteiger partial charge in [-0.05, 0) is 78.1 Å². The van der Waals surface area contributed by atoms with Crippen LogP contribution in [0.3, 0.4) is 0 Å². The molecule has 0 spiro atoms. The Bertz CT molecular complexity index is 2590. The molecule has 0 atom stereocenters. The Morgan fingerprint density at radius 2 is 0.708 bits per heavy atom. The van der Waals surface area contributed by atoms with E-state index in [1.54, 1.807) is 6.20 Å². The van der Waals surface area contributed by atoms with Crippen molar-refractivity contribution < 1.29 is 0 Å². The van der Waals surface area contributed by atoms with Gasteiger partial charge < -0.3 is 0 Å². The van der Waals surface area contributed by atoms with E-state index in [0.29, 0.717) is 5.82 Å². The van der Waals surface area contributed by atoms with Crippen LogP contribution in [0, 0.1) is 0 Å². The first-order valence-corrected chi connectivity index (χ1v) is 16.2. The van der Waals surface area contributed by atoms with Gasteiger partial charge in [0.25, 0.3) is 0 Å². The molecule has 9 rings (SSSR count). The number of benzene rings is 6. The van der Waals surface area contributed by atoms with Crippen LogP contribution in [0.15, 0.2) is 176 Å². The molecule has 0 fully saturated rings. The summed E-state index contributed by atoms with van der Waals surface area (Å²) in [7, 11) is 0. The monoisotopic (exact) mass is 611 g/mol. The highest BCUT2D eigenvalue weighted by atomic mass is 14.9. The maximum atomic E-state index is 5.16. The summed E-state index contributed by atoms with van der Waals surface area (Å²) in [6, 6.07) is 58.1. The predicted octanol–water partition coefficient (Wildman–Crippen LogP) is 11.8. The van der Waals surface area contributed by atoms with Gasteiger partial charge in [-0.25, -0.2) is 9.97 Å². The smallest absolute Gasteiger partial charge is 0.160 e. The second kappa shape index (κ2) is 11.7. The van der Waals surface area contributed by atoms with Crippen molar-refractivity contribution in [1.82, 2.24) is 15.0 Å². The molecule has 224 valence electrons. The Morgan fingerprint density at radius 1 is 0.292 bits per heavy atom. The lowest BCUT2D eigenvalue weighted by Gasteiger charge is -2.12. The second-order valence-corrected chi connectivity index (χ2v) is 12.0.